The minimum absolute atomic E-state index is 0.0600. The van der Waals surface area contributed by atoms with Gasteiger partial charge in [-0.25, -0.2) is 4.68 Å². The molecule has 0 saturated heterocycles. The number of azo groups is 1. The molecule has 0 atom stereocenters. The summed E-state index contributed by atoms with van der Waals surface area (Å²) in [6.07, 6.45) is 0. The second-order valence-corrected chi connectivity index (χ2v) is 10.2. The molecule has 3 N–H and O–H groups in total. The van der Waals surface area contributed by atoms with Gasteiger partial charge in [0.25, 0.3) is 5.56 Å². The van der Waals surface area contributed by atoms with Gasteiger partial charge >= 0.3 is 0 Å². The first-order valence-electron chi connectivity index (χ1n) is 12.2. The van der Waals surface area contributed by atoms with Crippen LogP contribution in [0.5, 0.6) is 5.88 Å². The van der Waals surface area contributed by atoms with Gasteiger partial charge in [-0.05, 0) is 61.6 Å². The van der Waals surface area contributed by atoms with Crippen molar-refractivity contribution < 1.29 is 9.90 Å². The van der Waals surface area contributed by atoms with Gasteiger partial charge in [-0.1, -0.05) is 52.3 Å². The molecule has 3 aromatic carbocycles. The second kappa shape index (κ2) is 11.3. The van der Waals surface area contributed by atoms with Crippen LogP contribution < -0.4 is 16.2 Å². The van der Waals surface area contributed by atoms with Crippen molar-refractivity contribution >= 4 is 67.1 Å². The summed E-state index contributed by atoms with van der Waals surface area (Å²) < 4.78 is 5.59. The van der Waals surface area contributed by atoms with Crippen molar-refractivity contribution in [2.45, 2.75) is 13.5 Å². The van der Waals surface area contributed by atoms with Crippen LogP contribution in [0.4, 0.5) is 17.1 Å². The number of carbonyl (C=O) groups excluding carboxylic acids is 1. The number of nitrogens with zero attached hydrogens (tertiary/aromatic N) is 5. The highest BCUT2D eigenvalue weighted by Crippen LogP contribution is 2.38. The summed E-state index contributed by atoms with van der Waals surface area (Å²) in [6, 6.07) is 23.6. The van der Waals surface area contributed by atoms with E-state index < -0.39 is 0 Å². The van der Waals surface area contributed by atoms with E-state index >= 15 is 0 Å². The number of anilines is 2. The maximum absolute atomic E-state index is 13.2. The molecule has 0 unspecified atom stereocenters. The van der Waals surface area contributed by atoms with E-state index in [9.17, 15) is 14.7 Å². The lowest BCUT2D eigenvalue weighted by Gasteiger charge is -2.08. The zero-order chi connectivity index (χ0) is 28.4. The molecule has 0 spiro atoms. The Morgan fingerprint density at radius 1 is 1.00 bits per heavy atom. The Morgan fingerprint density at radius 3 is 2.40 bits per heavy atom. The van der Waals surface area contributed by atoms with E-state index in [4.69, 9.17) is 12.2 Å². The van der Waals surface area contributed by atoms with Crippen molar-refractivity contribution in [3.63, 3.8) is 0 Å². The van der Waals surface area contributed by atoms with E-state index in [-0.39, 0.29) is 40.4 Å². The molecule has 0 saturated carbocycles. The van der Waals surface area contributed by atoms with E-state index in [1.807, 2.05) is 42.5 Å². The first-order chi connectivity index (χ1) is 19.2. The molecule has 5 aromatic rings. The van der Waals surface area contributed by atoms with Gasteiger partial charge in [-0.2, -0.15) is 0 Å². The van der Waals surface area contributed by atoms with Crippen LogP contribution in [-0.4, -0.2) is 30.1 Å². The van der Waals surface area contributed by atoms with E-state index in [0.29, 0.717) is 28.0 Å². The topological polar surface area (TPSA) is 118 Å². The summed E-state index contributed by atoms with van der Waals surface area (Å²) in [5.41, 5.74) is 2.73. The predicted molar refractivity (Wildman–Crippen MR) is 163 cm³/mol. The monoisotopic (exact) mass is 617 g/mol. The van der Waals surface area contributed by atoms with Crippen LogP contribution in [0.3, 0.4) is 0 Å². The molecule has 2 aromatic heterocycles. The van der Waals surface area contributed by atoms with Crippen molar-refractivity contribution in [1.82, 2.24) is 13.9 Å². The van der Waals surface area contributed by atoms with Crippen molar-refractivity contribution in [2.24, 2.45) is 17.3 Å². The van der Waals surface area contributed by atoms with Crippen LogP contribution in [-0.2, 0) is 18.4 Å². The first kappa shape index (κ1) is 27.0. The first-order valence-corrected chi connectivity index (χ1v) is 13.4. The molecule has 0 aliphatic rings. The van der Waals surface area contributed by atoms with Gasteiger partial charge in [0.2, 0.25) is 16.9 Å². The number of hydrogen-bond donors (Lipinski definition) is 3. The van der Waals surface area contributed by atoms with Crippen LogP contribution in [0, 0.1) is 6.92 Å². The van der Waals surface area contributed by atoms with E-state index in [1.54, 1.807) is 55.1 Å². The number of amides is 1. The summed E-state index contributed by atoms with van der Waals surface area (Å²) in [5, 5.41) is 25.5. The van der Waals surface area contributed by atoms with Gasteiger partial charge in [0.05, 0.1) is 16.9 Å². The van der Waals surface area contributed by atoms with E-state index in [1.165, 1.54) is 9.25 Å². The third-order valence-corrected chi connectivity index (χ3v) is 7.09. The Bertz CT molecular complexity index is 1820. The molecule has 2 heterocycles. The Labute approximate surface area is 242 Å². The zero-order valence-electron chi connectivity index (χ0n) is 21.5. The molecule has 5 rings (SSSR count). The molecule has 0 aliphatic heterocycles. The van der Waals surface area contributed by atoms with Crippen LogP contribution in [0.2, 0.25) is 0 Å². The third-order valence-electron chi connectivity index (χ3n) is 6.37. The summed E-state index contributed by atoms with van der Waals surface area (Å²) in [6.45, 7) is 1.64. The molecular weight excluding hydrogens is 594 g/mol. The Balaban J connectivity index is 1.39. The molecule has 0 radical (unpaired) electrons. The van der Waals surface area contributed by atoms with Crippen molar-refractivity contribution in [2.75, 3.05) is 10.6 Å². The molecule has 202 valence electrons. The number of rotatable bonds is 6. The Kier molecular flexibility index (Phi) is 7.63. The number of benzene rings is 3. The normalized spacial score (nSPS) is 11.3. The number of aromatic hydroxyl groups is 1. The van der Waals surface area contributed by atoms with Gasteiger partial charge in [0.15, 0.2) is 5.69 Å². The fourth-order valence-corrected chi connectivity index (χ4v) is 4.75. The smallest absolute Gasteiger partial charge is 0.295 e. The van der Waals surface area contributed by atoms with E-state index in [2.05, 4.69) is 36.8 Å². The summed E-state index contributed by atoms with van der Waals surface area (Å²) >= 11 is 8.73. The third kappa shape index (κ3) is 5.31. The molecule has 12 heteroatoms. The lowest BCUT2D eigenvalue weighted by atomic mass is 10.2. The number of carbonyl (C=O) groups is 1. The highest BCUT2D eigenvalue weighted by Gasteiger charge is 2.20. The summed E-state index contributed by atoms with van der Waals surface area (Å²) in [7, 11) is 1.78. The van der Waals surface area contributed by atoms with Crippen molar-refractivity contribution in [1.29, 1.82) is 0 Å². The van der Waals surface area contributed by atoms with Crippen LogP contribution in [0.15, 0.2) is 98.4 Å². The van der Waals surface area contributed by atoms with Crippen molar-refractivity contribution in [3.05, 3.63) is 99.4 Å². The second-order valence-electron chi connectivity index (χ2n) is 8.90. The van der Waals surface area contributed by atoms with Gasteiger partial charge in [0.1, 0.15) is 12.2 Å². The fraction of sp³-hybridized carbons (Fsp3) is 0.107. The van der Waals surface area contributed by atoms with Gasteiger partial charge in [0, 0.05) is 22.6 Å². The Morgan fingerprint density at radius 2 is 1.68 bits per heavy atom. The SMILES string of the molecule is Cc1c(NC(=S)N=Nc2c(O)n(CC(=O)Nc3ccc(Br)cc3)c3ccccc23)c(=O)n(-c2ccccc2)n1C. The van der Waals surface area contributed by atoms with Gasteiger partial charge in [-0.3, -0.25) is 14.3 Å². The average Bonchev–Trinajstić information content (AvgIpc) is 3.33. The Hall–Kier alpha value is -4.55. The molecular formula is C28H24BrN7O3S. The average molecular weight is 619 g/mol. The molecule has 0 fully saturated rings. The number of hydrogen-bond acceptors (Lipinski definition) is 5. The highest BCUT2D eigenvalue weighted by molar-refractivity contribution is 9.10. The molecule has 0 aliphatic carbocycles. The number of para-hydroxylation sites is 2. The number of thiocarbonyl (C=S) groups is 1. The van der Waals surface area contributed by atoms with Crippen molar-refractivity contribution in [3.8, 4) is 11.6 Å². The molecule has 40 heavy (non-hydrogen) atoms. The molecule has 10 nitrogen and oxygen atoms in total. The summed E-state index contributed by atoms with van der Waals surface area (Å²) in [5.74, 6) is -0.561. The van der Waals surface area contributed by atoms with Crippen LogP contribution >= 0.6 is 28.1 Å². The predicted octanol–water partition coefficient (Wildman–Crippen LogP) is 6.03. The van der Waals surface area contributed by atoms with Gasteiger partial charge in [-0.15, -0.1) is 10.2 Å². The zero-order valence-corrected chi connectivity index (χ0v) is 23.9. The number of halogens is 1. The van der Waals surface area contributed by atoms with Crippen LogP contribution in [0.1, 0.15) is 5.69 Å². The molecule has 1 amide bonds. The largest absolute Gasteiger partial charge is 0.493 e. The van der Waals surface area contributed by atoms with Crippen LogP contribution in [0.25, 0.3) is 16.6 Å². The minimum atomic E-state index is -0.326. The van der Waals surface area contributed by atoms with E-state index in [0.717, 1.165) is 4.47 Å². The van der Waals surface area contributed by atoms with Gasteiger partial charge < -0.3 is 20.3 Å². The highest BCUT2D eigenvalue weighted by atomic mass is 79.9. The standard InChI is InChI=1S/C28H24BrN7O3S/c1-17-24(27(39)36(34(17)2)20-8-4-3-5-9-20)31-28(40)33-32-25-21-10-6-7-11-22(21)35(26(25)38)16-23(37)30-19-14-12-18(29)13-15-19/h3-15,38H,16H2,1-2H3,(H,30,37)(H,31,40). The summed E-state index contributed by atoms with van der Waals surface area (Å²) in [4.78, 5) is 25.9. The minimum Gasteiger partial charge on any atom is -0.493 e. The number of fused-ring (bicyclic) bond motifs is 1. The lowest BCUT2D eigenvalue weighted by molar-refractivity contribution is -0.116. The fourth-order valence-electron chi connectivity index (χ4n) is 4.35. The quantitative estimate of drug-likeness (QED) is 0.159. The lowest BCUT2D eigenvalue weighted by Crippen LogP contribution is -2.21. The molecule has 0 bridgehead atoms. The number of aromatic nitrogens is 3. The maximum atomic E-state index is 13.2. The maximum Gasteiger partial charge on any atom is 0.295 e. The number of nitrogens with one attached hydrogen (secondary N) is 2.